The summed E-state index contributed by atoms with van der Waals surface area (Å²) in [6.45, 7) is 0. The van der Waals surface area contributed by atoms with Crippen LogP contribution >= 0.6 is 11.6 Å². The Hall–Kier alpha value is -4.60. The van der Waals surface area contributed by atoms with E-state index in [1.807, 2.05) is 66.7 Å². The molecule has 0 radical (unpaired) electrons. The summed E-state index contributed by atoms with van der Waals surface area (Å²) in [6.07, 6.45) is 0. The maximum absolute atomic E-state index is 15.1. The minimum atomic E-state index is -3.04. The van der Waals surface area contributed by atoms with E-state index in [0.717, 1.165) is 44.8 Å². The van der Waals surface area contributed by atoms with Crippen LogP contribution in [0.25, 0.3) is 55.9 Å². The van der Waals surface area contributed by atoms with Crippen LogP contribution in [0, 0.1) is 0 Å². The van der Waals surface area contributed by atoms with E-state index in [1.165, 1.54) is 18.2 Å². The first kappa shape index (κ1) is 24.4. The Morgan fingerprint density at radius 1 is 0.450 bits per heavy atom. The van der Waals surface area contributed by atoms with Gasteiger partial charge >= 0.3 is 0 Å². The first-order valence-corrected chi connectivity index (χ1v) is 13.4. The van der Waals surface area contributed by atoms with Crippen molar-refractivity contribution in [2.24, 2.45) is 0 Å². The molecule has 4 heteroatoms. The van der Waals surface area contributed by atoms with Crippen molar-refractivity contribution in [2.45, 2.75) is 5.92 Å². The summed E-state index contributed by atoms with van der Waals surface area (Å²) in [5, 5.41) is 0.442. The molecule has 1 nitrogen and oxygen atoms in total. The van der Waals surface area contributed by atoms with E-state index in [9.17, 15) is 0 Å². The van der Waals surface area contributed by atoms with E-state index in [-0.39, 0.29) is 11.1 Å². The SMILES string of the molecule is FC1(F)c2ccc(Cl)cc2-c2cc(-c3ccc(-c4cc(-c5ccccc5)cc(-c5ccccc5)n4)cc3)ccc21. The van der Waals surface area contributed by atoms with Gasteiger partial charge in [0.05, 0.1) is 11.4 Å². The van der Waals surface area contributed by atoms with Gasteiger partial charge in [0, 0.05) is 27.3 Å². The summed E-state index contributed by atoms with van der Waals surface area (Å²) in [6, 6.07) is 42.4. The summed E-state index contributed by atoms with van der Waals surface area (Å²) < 4.78 is 30.2. The molecule has 0 spiro atoms. The second kappa shape index (κ2) is 9.55. The highest BCUT2D eigenvalue weighted by molar-refractivity contribution is 6.31. The standard InChI is InChI=1S/C36H22ClF2N/c37-29-16-18-33-31(22-29)30-19-27(15-17-32(30)36(33,38)39)24-11-13-26(14-12-24)35-21-28(23-7-3-1-4-8-23)20-34(40-35)25-9-5-2-6-10-25/h1-22H. The average Bonchev–Trinajstić information content (AvgIpc) is 3.23. The van der Waals surface area contributed by atoms with Crippen LogP contribution in [-0.2, 0) is 5.92 Å². The van der Waals surface area contributed by atoms with Gasteiger partial charge in [-0.3, -0.25) is 0 Å². The summed E-state index contributed by atoms with van der Waals surface area (Å²) in [4.78, 5) is 5.00. The summed E-state index contributed by atoms with van der Waals surface area (Å²) in [5.74, 6) is -3.04. The number of rotatable bonds is 4. The molecule has 0 saturated heterocycles. The predicted octanol–water partition coefficient (Wildman–Crippen LogP) is 10.5. The number of fused-ring (bicyclic) bond motifs is 3. The molecule has 6 aromatic rings. The van der Waals surface area contributed by atoms with Gasteiger partial charge in [0.25, 0.3) is 5.92 Å². The monoisotopic (exact) mass is 541 g/mol. The van der Waals surface area contributed by atoms with Crippen LogP contribution in [0.15, 0.2) is 133 Å². The Bertz CT molecular complexity index is 1810. The van der Waals surface area contributed by atoms with E-state index in [2.05, 4.69) is 36.4 Å². The van der Waals surface area contributed by atoms with Crippen molar-refractivity contribution in [1.82, 2.24) is 4.98 Å². The molecule has 0 atom stereocenters. The van der Waals surface area contributed by atoms with Crippen molar-refractivity contribution >= 4 is 11.6 Å². The quantitative estimate of drug-likeness (QED) is 0.216. The zero-order chi connectivity index (χ0) is 27.3. The first-order valence-electron chi connectivity index (χ1n) is 13.0. The minimum absolute atomic E-state index is 0.00186. The molecule has 1 aromatic heterocycles. The minimum Gasteiger partial charge on any atom is -0.248 e. The predicted molar refractivity (Wildman–Crippen MR) is 159 cm³/mol. The zero-order valence-corrected chi connectivity index (χ0v) is 22.0. The van der Waals surface area contributed by atoms with E-state index < -0.39 is 5.92 Å². The van der Waals surface area contributed by atoms with Crippen molar-refractivity contribution in [1.29, 1.82) is 0 Å². The Labute approximate surface area is 236 Å². The molecular weight excluding hydrogens is 520 g/mol. The average molecular weight is 542 g/mol. The lowest BCUT2D eigenvalue weighted by atomic mass is 9.96. The van der Waals surface area contributed by atoms with Crippen molar-refractivity contribution in [2.75, 3.05) is 0 Å². The number of benzene rings is 5. The highest BCUT2D eigenvalue weighted by atomic mass is 35.5. The van der Waals surface area contributed by atoms with Crippen molar-refractivity contribution in [3.05, 3.63) is 150 Å². The number of nitrogens with zero attached hydrogens (tertiary/aromatic N) is 1. The third-order valence-electron chi connectivity index (χ3n) is 7.48. The number of hydrogen-bond acceptors (Lipinski definition) is 1. The van der Waals surface area contributed by atoms with Gasteiger partial charge in [0.2, 0.25) is 0 Å². The first-order chi connectivity index (χ1) is 19.5. The molecule has 0 amide bonds. The number of aromatic nitrogens is 1. The number of hydrogen-bond donors (Lipinski definition) is 0. The van der Waals surface area contributed by atoms with E-state index in [0.29, 0.717) is 16.1 Å². The molecular formula is C36H22ClF2N. The fourth-order valence-corrected chi connectivity index (χ4v) is 5.62. The topological polar surface area (TPSA) is 12.9 Å². The van der Waals surface area contributed by atoms with Crippen molar-refractivity contribution < 1.29 is 8.78 Å². The van der Waals surface area contributed by atoms with Crippen LogP contribution in [0.1, 0.15) is 11.1 Å². The fraction of sp³-hybridized carbons (Fsp3) is 0.0278. The highest BCUT2D eigenvalue weighted by Crippen LogP contribution is 2.52. The molecule has 40 heavy (non-hydrogen) atoms. The van der Waals surface area contributed by atoms with Gasteiger partial charge < -0.3 is 0 Å². The molecule has 0 bridgehead atoms. The largest absolute Gasteiger partial charge is 0.299 e. The number of pyridine rings is 1. The van der Waals surface area contributed by atoms with Crippen LogP contribution in [0.4, 0.5) is 8.78 Å². The number of halogens is 3. The summed E-state index contributed by atoms with van der Waals surface area (Å²) in [5.41, 5.74) is 8.82. The lowest BCUT2D eigenvalue weighted by Crippen LogP contribution is -2.10. The molecule has 192 valence electrons. The molecule has 1 heterocycles. The summed E-state index contributed by atoms with van der Waals surface area (Å²) in [7, 11) is 0. The third-order valence-corrected chi connectivity index (χ3v) is 7.72. The lowest BCUT2D eigenvalue weighted by Gasteiger charge is -2.13. The molecule has 0 unspecified atom stereocenters. The second-order valence-electron chi connectivity index (χ2n) is 9.96. The van der Waals surface area contributed by atoms with Gasteiger partial charge in [-0.05, 0) is 63.7 Å². The van der Waals surface area contributed by atoms with Crippen LogP contribution < -0.4 is 0 Å². The van der Waals surface area contributed by atoms with Gasteiger partial charge in [-0.2, -0.15) is 8.78 Å². The normalized spacial score (nSPS) is 13.1. The van der Waals surface area contributed by atoms with Crippen LogP contribution in [-0.4, -0.2) is 4.98 Å². The second-order valence-corrected chi connectivity index (χ2v) is 10.4. The molecule has 0 saturated carbocycles. The van der Waals surface area contributed by atoms with Gasteiger partial charge in [-0.25, -0.2) is 4.98 Å². The molecule has 1 aliphatic carbocycles. The van der Waals surface area contributed by atoms with Gasteiger partial charge in [-0.1, -0.05) is 115 Å². The van der Waals surface area contributed by atoms with Gasteiger partial charge in [0.1, 0.15) is 0 Å². The molecule has 0 N–H and O–H groups in total. The Morgan fingerprint density at radius 2 is 0.925 bits per heavy atom. The molecule has 5 aromatic carbocycles. The Kier molecular flexibility index (Phi) is 5.83. The van der Waals surface area contributed by atoms with Crippen molar-refractivity contribution in [3.8, 4) is 55.9 Å². The van der Waals surface area contributed by atoms with Crippen LogP contribution in [0.3, 0.4) is 0 Å². The lowest BCUT2D eigenvalue weighted by molar-refractivity contribution is 0.0480. The Balaban J connectivity index is 1.28. The molecule has 7 rings (SSSR count). The molecule has 1 aliphatic rings. The molecule has 0 aliphatic heterocycles. The fourth-order valence-electron chi connectivity index (χ4n) is 5.44. The maximum Gasteiger partial charge on any atom is 0.299 e. The van der Waals surface area contributed by atoms with E-state index >= 15 is 8.78 Å². The Morgan fingerprint density at radius 3 is 1.57 bits per heavy atom. The smallest absolute Gasteiger partial charge is 0.248 e. The van der Waals surface area contributed by atoms with E-state index in [4.69, 9.17) is 16.6 Å². The zero-order valence-electron chi connectivity index (χ0n) is 21.3. The third kappa shape index (κ3) is 4.20. The van der Waals surface area contributed by atoms with Gasteiger partial charge in [-0.15, -0.1) is 0 Å². The molecule has 0 fully saturated rings. The van der Waals surface area contributed by atoms with Crippen molar-refractivity contribution in [3.63, 3.8) is 0 Å². The van der Waals surface area contributed by atoms with Gasteiger partial charge in [0.15, 0.2) is 0 Å². The van der Waals surface area contributed by atoms with Crippen LogP contribution in [0.2, 0.25) is 5.02 Å². The summed E-state index contributed by atoms with van der Waals surface area (Å²) >= 11 is 6.16. The maximum atomic E-state index is 15.1. The number of alkyl halides is 2. The highest BCUT2D eigenvalue weighted by Gasteiger charge is 2.44. The van der Waals surface area contributed by atoms with Crippen LogP contribution in [0.5, 0.6) is 0 Å². The van der Waals surface area contributed by atoms with E-state index in [1.54, 1.807) is 12.1 Å².